The molecule has 0 aliphatic rings. The number of benzene rings is 2. The fraction of sp³-hybridized carbons (Fsp3) is 0.250. The summed E-state index contributed by atoms with van der Waals surface area (Å²) < 4.78 is 12.9. The second kappa shape index (κ2) is 6.20. The summed E-state index contributed by atoms with van der Waals surface area (Å²) in [5.41, 5.74) is 4.86. The number of nitrogens with zero attached hydrogens (tertiary/aromatic N) is 1. The predicted molar refractivity (Wildman–Crippen MR) is 82.3 cm³/mol. The maximum Gasteiger partial charge on any atom is 0.123 e. The molecule has 2 rings (SSSR count). The summed E-state index contributed by atoms with van der Waals surface area (Å²) in [6, 6.07) is 13.1. The first-order valence-corrected chi connectivity index (χ1v) is 7.33. The molecule has 0 aliphatic heterocycles. The molecule has 0 fully saturated rings. The van der Waals surface area contributed by atoms with Crippen LogP contribution in [0.2, 0.25) is 0 Å². The summed E-state index contributed by atoms with van der Waals surface area (Å²) in [7, 11) is 2.05. The van der Waals surface area contributed by atoms with Crippen LogP contribution in [0.25, 0.3) is 0 Å². The molecule has 0 aromatic heterocycles. The molecule has 0 spiro atoms. The van der Waals surface area contributed by atoms with Crippen molar-refractivity contribution in [2.75, 3.05) is 11.9 Å². The van der Waals surface area contributed by atoms with Crippen LogP contribution < -0.4 is 4.90 Å². The zero-order valence-corrected chi connectivity index (χ0v) is 12.7. The molecule has 0 heterocycles. The van der Waals surface area contributed by atoms with Gasteiger partial charge < -0.3 is 4.90 Å². The SMILES string of the molecule is Cc1cc(N(C)Cc2ccc(F)cc2)ccc1CBr. The summed E-state index contributed by atoms with van der Waals surface area (Å²) in [6.45, 7) is 2.89. The topological polar surface area (TPSA) is 3.24 Å². The molecule has 0 saturated heterocycles. The van der Waals surface area contributed by atoms with E-state index in [1.54, 1.807) is 0 Å². The molecule has 100 valence electrons. The minimum atomic E-state index is -0.191. The van der Waals surface area contributed by atoms with Gasteiger partial charge in [-0.15, -0.1) is 0 Å². The van der Waals surface area contributed by atoms with Gasteiger partial charge >= 0.3 is 0 Å². The van der Waals surface area contributed by atoms with Gasteiger partial charge in [-0.1, -0.05) is 34.1 Å². The lowest BCUT2D eigenvalue weighted by atomic mass is 10.1. The molecule has 0 N–H and O–H groups in total. The third kappa shape index (κ3) is 3.57. The molecule has 0 atom stereocenters. The van der Waals surface area contributed by atoms with Crippen LogP contribution in [0.4, 0.5) is 10.1 Å². The first-order chi connectivity index (χ1) is 9.10. The molecule has 2 aromatic rings. The van der Waals surface area contributed by atoms with Crippen LogP contribution in [-0.2, 0) is 11.9 Å². The fourth-order valence-electron chi connectivity index (χ4n) is 2.02. The molecule has 19 heavy (non-hydrogen) atoms. The highest BCUT2D eigenvalue weighted by Gasteiger charge is 2.05. The highest BCUT2D eigenvalue weighted by molar-refractivity contribution is 9.08. The Hall–Kier alpha value is -1.35. The lowest BCUT2D eigenvalue weighted by Crippen LogP contribution is -2.16. The molecule has 3 heteroatoms. The van der Waals surface area contributed by atoms with Crippen molar-refractivity contribution >= 4 is 21.6 Å². The molecular weight excluding hydrogens is 305 g/mol. The number of rotatable bonds is 4. The van der Waals surface area contributed by atoms with Crippen LogP contribution in [0.1, 0.15) is 16.7 Å². The van der Waals surface area contributed by atoms with E-state index in [2.05, 4.69) is 46.0 Å². The second-order valence-electron chi connectivity index (χ2n) is 4.73. The monoisotopic (exact) mass is 321 g/mol. The molecule has 0 amide bonds. The number of alkyl halides is 1. The second-order valence-corrected chi connectivity index (χ2v) is 5.29. The summed E-state index contributed by atoms with van der Waals surface area (Å²) in [6.07, 6.45) is 0. The van der Waals surface area contributed by atoms with E-state index < -0.39 is 0 Å². The summed E-state index contributed by atoms with van der Waals surface area (Å²) in [5.74, 6) is -0.191. The number of anilines is 1. The maximum atomic E-state index is 12.9. The van der Waals surface area contributed by atoms with Crippen LogP contribution in [0.3, 0.4) is 0 Å². The number of hydrogen-bond acceptors (Lipinski definition) is 1. The number of hydrogen-bond donors (Lipinski definition) is 0. The van der Waals surface area contributed by atoms with Crippen molar-refractivity contribution in [3.05, 3.63) is 65.0 Å². The Morgan fingerprint density at radius 3 is 2.37 bits per heavy atom. The Balaban J connectivity index is 2.13. The van der Waals surface area contributed by atoms with Crippen LogP contribution >= 0.6 is 15.9 Å². The Morgan fingerprint density at radius 2 is 1.79 bits per heavy atom. The van der Waals surface area contributed by atoms with Crippen molar-refractivity contribution in [2.24, 2.45) is 0 Å². The molecule has 0 radical (unpaired) electrons. The molecule has 1 nitrogen and oxygen atoms in total. The molecule has 0 saturated carbocycles. The minimum Gasteiger partial charge on any atom is -0.370 e. The van der Waals surface area contributed by atoms with Gasteiger partial charge in [0, 0.05) is 24.6 Å². The van der Waals surface area contributed by atoms with Crippen LogP contribution in [0.5, 0.6) is 0 Å². The average molecular weight is 322 g/mol. The van der Waals surface area contributed by atoms with Crippen molar-refractivity contribution < 1.29 is 4.39 Å². The third-order valence-corrected chi connectivity index (χ3v) is 3.85. The van der Waals surface area contributed by atoms with Gasteiger partial charge in [-0.25, -0.2) is 4.39 Å². The van der Waals surface area contributed by atoms with Gasteiger partial charge in [-0.2, -0.15) is 0 Å². The Morgan fingerprint density at radius 1 is 1.11 bits per heavy atom. The van der Waals surface area contributed by atoms with Crippen LogP contribution in [-0.4, -0.2) is 7.05 Å². The zero-order valence-electron chi connectivity index (χ0n) is 11.2. The van der Waals surface area contributed by atoms with E-state index in [1.165, 1.54) is 28.9 Å². The highest BCUT2D eigenvalue weighted by atomic mass is 79.9. The highest BCUT2D eigenvalue weighted by Crippen LogP contribution is 2.21. The summed E-state index contributed by atoms with van der Waals surface area (Å²) in [5, 5.41) is 0.876. The quantitative estimate of drug-likeness (QED) is 0.740. The van der Waals surface area contributed by atoms with Crippen LogP contribution in [0.15, 0.2) is 42.5 Å². The number of aryl methyl sites for hydroxylation is 1. The smallest absolute Gasteiger partial charge is 0.123 e. The standard InChI is InChI=1S/C16H17BrFN/c1-12-9-16(8-5-14(12)10-17)19(2)11-13-3-6-15(18)7-4-13/h3-9H,10-11H2,1-2H3. The summed E-state index contributed by atoms with van der Waals surface area (Å²) in [4.78, 5) is 2.16. The zero-order chi connectivity index (χ0) is 13.8. The van der Waals surface area contributed by atoms with Crippen molar-refractivity contribution in [3.63, 3.8) is 0 Å². The van der Waals surface area contributed by atoms with E-state index in [9.17, 15) is 4.39 Å². The lowest BCUT2D eigenvalue weighted by Gasteiger charge is -2.20. The lowest BCUT2D eigenvalue weighted by molar-refractivity contribution is 0.627. The Labute approximate surface area is 122 Å². The van der Waals surface area contributed by atoms with Gasteiger partial charge in [0.05, 0.1) is 0 Å². The van der Waals surface area contributed by atoms with E-state index in [4.69, 9.17) is 0 Å². The van der Waals surface area contributed by atoms with Gasteiger partial charge in [0.2, 0.25) is 0 Å². The van der Waals surface area contributed by atoms with Crippen molar-refractivity contribution in [2.45, 2.75) is 18.8 Å². The van der Waals surface area contributed by atoms with Gasteiger partial charge in [0.25, 0.3) is 0 Å². The first-order valence-electron chi connectivity index (χ1n) is 6.21. The molecular formula is C16H17BrFN. The van der Waals surface area contributed by atoms with E-state index in [-0.39, 0.29) is 5.82 Å². The normalized spacial score (nSPS) is 10.5. The molecule has 2 aromatic carbocycles. The first kappa shape index (κ1) is 14.1. The van der Waals surface area contributed by atoms with E-state index >= 15 is 0 Å². The predicted octanol–water partition coefficient (Wildman–Crippen LogP) is 4.67. The molecule has 0 bridgehead atoms. The molecule has 0 aliphatic carbocycles. The van der Waals surface area contributed by atoms with Crippen molar-refractivity contribution in [1.29, 1.82) is 0 Å². The van der Waals surface area contributed by atoms with Crippen molar-refractivity contribution in [3.8, 4) is 0 Å². The van der Waals surface area contributed by atoms with Crippen LogP contribution in [0, 0.1) is 12.7 Å². The molecule has 0 unspecified atom stereocenters. The number of halogens is 2. The fourth-order valence-corrected chi connectivity index (χ4v) is 2.65. The maximum absolute atomic E-state index is 12.9. The largest absolute Gasteiger partial charge is 0.370 e. The van der Waals surface area contributed by atoms with E-state index in [0.29, 0.717) is 0 Å². The van der Waals surface area contributed by atoms with Gasteiger partial charge in [0.15, 0.2) is 0 Å². The van der Waals surface area contributed by atoms with Gasteiger partial charge in [-0.3, -0.25) is 0 Å². The van der Waals surface area contributed by atoms with Crippen molar-refractivity contribution in [1.82, 2.24) is 0 Å². The summed E-state index contributed by atoms with van der Waals surface area (Å²) >= 11 is 3.48. The average Bonchev–Trinajstić information content (AvgIpc) is 2.41. The third-order valence-electron chi connectivity index (χ3n) is 3.24. The van der Waals surface area contributed by atoms with E-state index in [0.717, 1.165) is 17.4 Å². The minimum absolute atomic E-state index is 0.191. The van der Waals surface area contributed by atoms with Gasteiger partial charge in [0.1, 0.15) is 5.82 Å². The van der Waals surface area contributed by atoms with E-state index in [1.807, 2.05) is 19.2 Å². The van der Waals surface area contributed by atoms with Gasteiger partial charge in [-0.05, 0) is 47.9 Å². The Bertz CT molecular complexity index is 551. The Kier molecular flexibility index (Phi) is 4.59.